The van der Waals surface area contributed by atoms with Crippen molar-refractivity contribution < 1.29 is 19.7 Å². The Morgan fingerprint density at radius 1 is 2.00 bits per heavy atom. The van der Waals surface area contributed by atoms with E-state index in [1.54, 1.807) is 22.6 Å². The maximum Gasteiger partial charge on any atom is 0.416 e. The molecule has 6 nitrogen and oxygen atoms in total. The van der Waals surface area contributed by atoms with E-state index < -0.39 is 16.9 Å². The van der Waals surface area contributed by atoms with E-state index in [-0.39, 0.29) is 4.61 Å². The number of hydrogen-bond donors (Lipinski definition) is 3. The Labute approximate surface area is 77.0 Å². The average molecular weight is 276 g/mol. The third-order valence-electron chi connectivity index (χ3n) is 1.03. The van der Waals surface area contributed by atoms with Crippen LogP contribution in [-0.4, -0.2) is 28.6 Å². The molecule has 0 bridgehead atoms. The van der Waals surface area contributed by atoms with Crippen molar-refractivity contribution in [1.82, 2.24) is 0 Å². The highest BCUT2D eigenvalue weighted by Crippen LogP contribution is 1.91. The van der Waals surface area contributed by atoms with Gasteiger partial charge in [0.1, 0.15) is 4.61 Å². The molecule has 0 saturated carbocycles. The number of likely N-dealkylation sites (N-methyl/N-ethyl adjacent to an activating group) is 1. The van der Waals surface area contributed by atoms with Gasteiger partial charge in [-0.3, -0.25) is 0 Å². The Kier molecular flexibility index (Phi) is 4.18. The maximum absolute atomic E-state index is 10.7. The Morgan fingerprint density at radius 2 is 2.45 bits per heavy atom. The Bertz CT molecular complexity index is 149. The minimum Gasteiger partial charge on any atom is -0.631 e. The standard InChI is InChI=1S/C4H9IN2O4/c1-7(10)4(6,9)3(8)11-2-5/h7,9H,2,6H2,1H3. The molecule has 0 aliphatic carbocycles. The molecule has 2 unspecified atom stereocenters. The molecule has 66 valence electrons. The van der Waals surface area contributed by atoms with Gasteiger partial charge >= 0.3 is 11.8 Å². The van der Waals surface area contributed by atoms with E-state index in [2.05, 4.69) is 4.74 Å². The van der Waals surface area contributed by atoms with E-state index in [0.29, 0.717) is 0 Å². The van der Waals surface area contributed by atoms with Crippen LogP contribution in [0.5, 0.6) is 0 Å². The fourth-order valence-corrected chi connectivity index (χ4v) is 0.586. The summed E-state index contributed by atoms with van der Waals surface area (Å²) in [5, 5.41) is 18.6. The lowest BCUT2D eigenvalue weighted by Crippen LogP contribution is -3.17. The van der Waals surface area contributed by atoms with Gasteiger partial charge in [0.25, 0.3) is 0 Å². The first-order chi connectivity index (χ1) is 4.92. The molecule has 0 aliphatic rings. The molecule has 0 aromatic carbocycles. The predicted molar refractivity (Wildman–Crippen MR) is 44.4 cm³/mol. The van der Waals surface area contributed by atoms with Crippen molar-refractivity contribution in [3.05, 3.63) is 5.21 Å². The van der Waals surface area contributed by atoms with E-state index in [1.807, 2.05) is 0 Å². The number of halogens is 1. The molecule has 7 heteroatoms. The van der Waals surface area contributed by atoms with Crippen molar-refractivity contribution >= 4 is 28.6 Å². The van der Waals surface area contributed by atoms with E-state index >= 15 is 0 Å². The zero-order valence-electron chi connectivity index (χ0n) is 5.83. The quantitative estimate of drug-likeness (QED) is 0.174. The Hall–Kier alpha value is 0.0400. The number of esters is 1. The predicted octanol–water partition coefficient (Wildman–Crippen LogP) is -2.46. The van der Waals surface area contributed by atoms with Crippen LogP contribution in [-0.2, 0) is 9.53 Å². The lowest BCUT2D eigenvalue weighted by atomic mass is 10.4. The van der Waals surface area contributed by atoms with Crippen molar-refractivity contribution in [3.63, 3.8) is 0 Å². The number of hydroxylamine groups is 2. The SMILES string of the molecule is C[NH+]([O-])C(N)(O)C(=O)OCI. The van der Waals surface area contributed by atoms with E-state index in [9.17, 15) is 10.0 Å². The number of alkyl halides is 1. The molecule has 0 heterocycles. The molecular weight excluding hydrogens is 267 g/mol. The van der Waals surface area contributed by atoms with Crippen LogP contribution in [0.2, 0.25) is 0 Å². The third-order valence-corrected chi connectivity index (χ3v) is 1.34. The maximum atomic E-state index is 10.7. The molecule has 4 N–H and O–H groups in total. The first-order valence-corrected chi connectivity index (χ1v) is 4.21. The van der Waals surface area contributed by atoms with Crippen molar-refractivity contribution in [2.45, 2.75) is 5.85 Å². The molecule has 0 spiro atoms. The smallest absolute Gasteiger partial charge is 0.416 e. The largest absolute Gasteiger partial charge is 0.631 e. The van der Waals surface area contributed by atoms with Gasteiger partial charge in [-0.2, -0.15) is 0 Å². The second-order valence-corrected chi connectivity index (χ2v) is 2.49. The van der Waals surface area contributed by atoms with Crippen LogP contribution in [0.15, 0.2) is 0 Å². The Balaban J connectivity index is 4.18. The van der Waals surface area contributed by atoms with Gasteiger partial charge in [-0.1, -0.05) is 0 Å². The average Bonchev–Trinajstić information content (AvgIpc) is 1.88. The van der Waals surface area contributed by atoms with Crippen LogP contribution in [0.25, 0.3) is 0 Å². The van der Waals surface area contributed by atoms with Gasteiger partial charge in [0, 0.05) is 0 Å². The minimum atomic E-state index is -2.49. The number of carbonyl (C=O) groups excluding carboxylic acids is 1. The molecule has 0 aliphatic heterocycles. The van der Waals surface area contributed by atoms with Crippen molar-refractivity contribution in [2.75, 3.05) is 11.7 Å². The van der Waals surface area contributed by atoms with Gasteiger partial charge in [0.05, 0.1) is 7.05 Å². The van der Waals surface area contributed by atoms with E-state index in [1.165, 1.54) is 0 Å². The number of ether oxygens (including phenoxy) is 1. The highest BCUT2D eigenvalue weighted by molar-refractivity contribution is 14.1. The lowest BCUT2D eigenvalue weighted by molar-refractivity contribution is -0.902. The molecule has 0 fully saturated rings. The molecule has 0 rings (SSSR count). The molecule has 0 saturated heterocycles. The molecule has 2 atom stereocenters. The molecule has 0 aromatic heterocycles. The summed E-state index contributed by atoms with van der Waals surface area (Å²) < 4.78 is 4.36. The number of quaternary nitrogens is 1. The summed E-state index contributed by atoms with van der Waals surface area (Å²) in [5.41, 5.74) is 4.92. The summed E-state index contributed by atoms with van der Waals surface area (Å²) in [6.45, 7) is 0. The summed E-state index contributed by atoms with van der Waals surface area (Å²) in [7, 11) is 1.01. The van der Waals surface area contributed by atoms with Gasteiger partial charge in [0.15, 0.2) is 0 Å². The van der Waals surface area contributed by atoms with Crippen LogP contribution >= 0.6 is 22.6 Å². The van der Waals surface area contributed by atoms with Gasteiger partial charge in [-0.25, -0.2) is 10.5 Å². The number of hydrogen-bond acceptors (Lipinski definition) is 5. The fourth-order valence-electron chi connectivity index (χ4n) is 0.303. The number of nitrogens with one attached hydrogen (secondary N) is 1. The molecular formula is C4H9IN2O4. The van der Waals surface area contributed by atoms with Crippen molar-refractivity contribution in [2.24, 2.45) is 5.73 Å². The van der Waals surface area contributed by atoms with Crippen LogP contribution in [0, 0.1) is 5.21 Å². The third kappa shape index (κ3) is 2.87. The number of nitrogens with two attached hydrogens (primary N) is 1. The lowest BCUT2D eigenvalue weighted by Gasteiger charge is -2.29. The number of aliphatic hydroxyl groups is 1. The monoisotopic (exact) mass is 276 g/mol. The first kappa shape index (κ1) is 11.0. The topological polar surface area (TPSA) is 100 Å². The highest BCUT2D eigenvalue weighted by Gasteiger charge is 2.38. The fraction of sp³-hybridized carbons (Fsp3) is 0.750. The molecule has 11 heavy (non-hydrogen) atoms. The van der Waals surface area contributed by atoms with Crippen molar-refractivity contribution in [3.8, 4) is 0 Å². The normalized spacial score (nSPS) is 18.6. The number of rotatable bonds is 3. The summed E-state index contributed by atoms with van der Waals surface area (Å²) in [4.78, 5) is 10.7. The van der Waals surface area contributed by atoms with Crippen LogP contribution in [0.1, 0.15) is 0 Å². The number of carbonyl (C=O) groups is 1. The molecule has 0 radical (unpaired) electrons. The zero-order valence-corrected chi connectivity index (χ0v) is 7.99. The summed E-state index contributed by atoms with van der Waals surface area (Å²) in [5.74, 6) is -3.62. The van der Waals surface area contributed by atoms with Crippen molar-refractivity contribution in [1.29, 1.82) is 0 Å². The first-order valence-electron chi connectivity index (χ1n) is 2.68. The molecule has 0 amide bonds. The van der Waals surface area contributed by atoms with Gasteiger partial charge < -0.3 is 20.1 Å². The second kappa shape index (κ2) is 4.16. The van der Waals surface area contributed by atoms with E-state index in [4.69, 9.17) is 10.8 Å². The highest BCUT2D eigenvalue weighted by atomic mass is 127. The second-order valence-electron chi connectivity index (χ2n) is 1.86. The summed E-state index contributed by atoms with van der Waals surface area (Å²) >= 11 is 1.75. The van der Waals surface area contributed by atoms with Gasteiger partial charge in [-0.15, -0.1) is 0 Å². The minimum absolute atomic E-state index is 0.0450. The van der Waals surface area contributed by atoms with Crippen LogP contribution in [0.4, 0.5) is 0 Å². The van der Waals surface area contributed by atoms with E-state index in [0.717, 1.165) is 7.05 Å². The molecule has 0 aromatic rings. The van der Waals surface area contributed by atoms with Gasteiger partial charge in [0.2, 0.25) is 0 Å². The summed E-state index contributed by atoms with van der Waals surface area (Å²) in [6.07, 6.45) is 0. The van der Waals surface area contributed by atoms with Crippen LogP contribution in [0.3, 0.4) is 0 Å². The Morgan fingerprint density at radius 3 is 2.73 bits per heavy atom. The summed E-state index contributed by atoms with van der Waals surface area (Å²) in [6, 6.07) is 0. The van der Waals surface area contributed by atoms with Gasteiger partial charge in [-0.05, 0) is 22.6 Å². The zero-order chi connectivity index (χ0) is 9.07. The van der Waals surface area contributed by atoms with Crippen LogP contribution < -0.4 is 10.8 Å².